The Bertz CT molecular complexity index is 592. The van der Waals surface area contributed by atoms with Crippen molar-refractivity contribution in [3.63, 3.8) is 0 Å². The van der Waals surface area contributed by atoms with Crippen LogP contribution in [0.5, 0.6) is 5.75 Å². The predicted molar refractivity (Wildman–Crippen MR) is 79.1 cm³/mol. The summed E-state index contributed by atoms with van der Waals surface area (Å²) in [5, 5.41) is 11.6. The summed E-state index contributed by atoms with van der Waals surface area (Å²) >= 11 is 0. The molecule has 0 spiro atoms. The maximum atomic E-state index is 8.61. The zero-order valence-corrected chi connectivity index (χ0v) is 11.4. The normalized spacial score (nSPS) is 11.3. The third kappa shape index (κ3) is 3.29. The van der Waals surface area contributed by atoms with Crippen molar-refractivity contribution in [2.24, 2.45) is 10.9 Å². The fourth-order valence-electron chi connectivity index (χ4n) is 1.93. The Hall–Kier alpha value is -2.49. The average molecular weight is 270 g/mol. The van der Waals surface area contributed by atoms with Gasteiger partial charge in [-0.2, -0.15) is 0 Å². The molecule has 0 saturated heterocycles. The third-order valence-electron chi connectivity index (χ3n) is 3.11. The Morgan fingerprint density at radius 1 is 1.15 bits per heavy atom. The van der Waals surface area contributed by atoms with Gasteiger partial charge in [-0.1, -0.05) is 54.5 Å². The van der Waals surface area contributed by atoms with Crippen LogP contribution in [0.2, 0.25) is 0 Å². The summed E-state index contributed by atoms with van der Waals surface area (Å²) < 4.78 is 5.83. The van der Waals surface area contributed by atoms with E-state index in [4.69, 9.17) is 15.7 Å². The van der Waals surface area contributed by atoms with E-state index in [-0.39, 0.29) is 5.84 Å². The highest BCUT2D eigenvalue weighted by Crippen LogP contribution is 2.19. The van der Waals surface area contributed by atoms with Crippen LogP contribution in [0, 0.1) is 0 Å². The lowest BCUT2D eigenvalue weighted by atomic mass is 10.1. The largest absolute Gasteiger partial charge is 0.489 e. The molecule has 4 nitrogen and oxygen atoms in total. The van der Waals surface area contributed by atoms with Crippen LogP contribution < -0.4 is 10.5 Å². The lowest BCUT2D eigenvalue weighted by Crippen LogP contribution is -2.12. The molecule has 20 heavy (non-hydrogen) atoms. The molecule has 0 unspecified atom stereocenters. The lowest BCUT2D eigenvalue weighted by Gasteiger charge is -2.10. The standard InChI is InChI=1S/C16H18N2O2/c1-2-13-5-3-4-6-15(13)20-11-12-7-9-14(10-8-12)16(17)18-19/h3-10,19H,2,11H2,1H3,(H2,17,18). The van der Waals surface area contributed by atoms with Crippen LogP contribution in [0.3, 0.4) is 0 Å². The molecule has 2 aromatic carbocycles. The molecule has 104 valence electrons. The third-order valence-corrected chi connectivity index (χ3v) is 3.11. The number of nitrogens with zero attached hydrogens (tertiary/aromatic N) is 1. The summed E-state index contributed by atoms with van der Waals surface area (Å²) in [5.74, 6) is 1.02. The summed E-state index contributed by atoms with van der Waals surface area (Å²) in [5.41, 5.74) is 8.43. The first kappa shape index (κ1) is 13.9. The highest BCUT2D eigenvalue weighted by atomic mass is 16.5. The summed E-state index contributed by atoms with van der Waals surface area (Å²) in [6.45, 7) is 2.60. The van der Waals surface area contributed by atoms with Crippen LogP contribution in [0.25, 0.3) is 0 Å². The molecule has 0 atom stereocenters. The number of nitrogens with two attached hydrogens (primary N) is 1. The first-order chi connectivity index (χ1) is 9.74. The van der Waals surface area contributed by atoms with Gasteiger partial charge in [0.2, 0.25) is 0 Å². The van der Waals surface area contributed by atoms with E-state index in [9.17, 15) is 0 Å². The van der Waals surface area contributed by atoms with Crippen molar-refractivity contribution in [3.05, 3.63) is 65.2 Å². The van der Waals surface area contributed by atoms with Gasteiger partial charge in [-0.3, -0.25) is 0 Å². The minimum atomic E-state index is 0.105. The van der Waals surface area contributed by atoms with Gasteiger partial charge in [-0.25, -0.2) is 0 Å². The summed E-state index contributed by atoms with van der Waals surface area (Å²) in [4.78, 5) is 0. The smallest absolute Gasteiger partial charge is 0.170 e. The number of amidine groups is 1. The highest BCUT2D eigenvalue weighted by Gasteiger charge is 2.02. The number of benzene rings is 2. The van der Waals surface area contributed by atoms with Crippen LogP contribution in [0.15, 0.2) is 53.7 Å². The molecular weight excluding hydrogens is 252 g/mol. The molecule has 4 heteroatoms. The molecule has 0 aliphatic rings. The fourth-order valence-corrected chi connectivity index (χ4v) is 1.93. The van der Waals surface area contributed by atoms with Crippen molar-refractivity contribution in [2.75, 3.05) is 0 Å². The highest BCUT2D eigenvalue weighted by molar-refractivity contribution is 5.96. The van der Waals surface area contributed by atoms with Gasteiger partial charge in [-0.05, 0) is 23.6 Å². The van der Waals surface area contributed by atoms with Crippen molar-refractivity contribution < 1.29 is 9.94 Å². The Kier molecular flexibility index (Phi) is 4.60. The number of oxime groups is 1. The van der Waals surface area contributed by atoms with Gasteiger partial charge in [0.05, 0.1) is 0 Å². The van der Waals surface area contributed by atoms with E-state index in [0.717, 1.165) is 17.7 Å². The fraction of sp³-hybridized carbons (Fsp3) is 0.188. The Morgan fingerprint density at radius 3 is 2.50 bits per heavy atom. The molecule has 0 heterocycles. The first-order valence-corrected chi connectivity index (χ1v) is 6.52. The molecule has 2 aromatic rings. The van der Waals surface area contributed by atoms with E-state index in [0.29, 0.717) is 12.2 Å². The van der Waals surface area contributed by atoms with E-state index < -0.39 is 0 Å². The SMILES string of the molecule is CCc1ccccc1OCc1ccc(/C(N)=N/O)cc1. The number of hydrogen-bond acceptors (Lipinski definition) is 3. The van der Waals surface area contributed by atoms with Crippen molar-refractivity contribution in [3.8, 4) is 5.75 Å². The van der Waals surface area contributed by atoms with Gasteiger partial charge in [0.1, 0.15) is 12.4 Å². The second kappa shape index (κ2) is 6.61. The monoisotopic (exact) mass is 270 g/mol. The molecule has 0 aliphatic heterocycles. The molecule has 0 saturated carbocycles. The van der Waals surface area contributed by atoms with E-state index >= 15 is 0 Å². The number of hydrogen-bond donors (Lipinski definition) is 2. The summed E-state index contributed by atoms with van der Waals surface area (Å²) in [7, 11) is 0. The Morgan fingerprint density at radius 2 is 1.85 bits per heavy atom. The van der Waals surface area contributed by atoms with E-state index in [1.165, 1.54) is 5.56 Å². The molecule has 0 fully saturated rings. The Labute approximate surface area is 118 Å². The molecule has 0 amide bonds. The average Bonchev–Trinajstić information content (AvgIpc) is 2.53. The van der Waals surface area contributed by atoms with Gasteiger partial charge in [-0.15, -0.1) is 0 Å². The van der Waals surface area contributed by atoms with Crippen LogP contribution in [-0.2, 0) is 13.0 Å². The molecule has 2 rings (SSSR count). The maximum absolute atomic E-state index is 8.61. The Balaban J connectivity index is 2.04. The van der Waals surface area contributed by atoms with Crippen LogP contribution >= 0.6 is 0 Å². The molecule has 3 N–H and O–H groups in total. The van der Waals surface area contributed by atoms with Crippen LogP contribution in [0.4, 0.5) is 0 Å². The van der Waals surface area contributed by atoms with Gasteiger partial charge in [0.25, 0.3) is 0 Å². The quantitative estimate of drug-likeness (QED) is 0.380. The summed E-state index contributed by atoms with van der Waals surface area (Å²) in [6, 6.07) is 15.4. The number of para-hydroxylation sites is 1. The molecule has 0 aromatic heterocycles. The zero-order valence-electron chi connectivity index (χ0n) is 11.4. The molecule has 0 radical (unpaired) electrons. The van der Waals surface area contributed by atoms with Gasteiger partial charge < -0.3 is 15.7 Å². The van der Waals surface area contributed by atoms with Crippen LogP contribution in [0.1, 0.15) is 23.6 Å². The summed E-state index contributed by atoms with van der Waals surface area (Å²) in [6.07, 6.45) is 0.943. The van der Waals surface area contributed by atoms with Crippen molar-refractivity contribution in [2.45, 2.75) is 20.0 Å². The number of ether oxygens (including phenoxy) is 1. The van der Waals surface area contributed by atoms with Gasteiger partial charge in [0.15, 0.2) is 5.84 Å². The van der Waals surface area contributed by atoms with Crippen molar-refractivity contribution >= 4 is 5.84 Å². The minimum absolute atomic E-state index is 0.105. The molecule has 0 aliphatic carbocycles. The second-order valence-corrected chi connectivity index (χ2v) is 4.43. The maximum Gasteiger partial charge on any atom is 0.170 e. The number of aryl methyl sites for hydroxylation is 1. The van der Waals surface area contributed by atoms with E-state index in [1.54, 1.807) is 12.1 Å². The minimum Gasteiger partial charge on any atom is -0.489 e. The van der Waals surface area contributed by atoms with Gasteiger partial charge >= 0.3 is 0 Å². The van der Waals surface area contributed by atoms with Crippen molar-refractivity contribution in [1.82, 2.24) is 0 Å². The van der Waals surface area contributed by atoms with Gasteiger partial charge in [0, 0.05) is 5.56 Å². The predicted octanol–water partition coefficient (Wildman–Crippen LogP) is 2.92. The van der Waals surface area contributed by atoms with Crippen molar-refractivity contribution in [1.29, 1.82) is 0 Å². The number of rotatable bonds is 5. The first-order valence-electron chi connectivity index (χ1n) is 6.52. The zero-order chi connectivity index (χ0) is 14.4. The molecule has 0 bridgehead atoms. The molecular formula is C16H18N2O2. The lowest BCUT2D eigenvalue weighted by molar-refractivity contribution is 0.303. The van der Waals surface area contributed by atoms with E-state index in [2.05, 4.69) is 18.1 Å². The topological polar surface area (TPSA) is 67.8 Å². The van der Waals surface area contributed by atoms with Crippen LogP contribution in [-0.4, -0.2) is 11.0 Å². The second-order valence-electron chi connectivity index (χ2n) is 4.43. The van der Waals surface area contributed by atoms with E-state index in [1.807, 2.05) is 30.3 Å².